The Kier molecular flexibility index (Phi) is 3.97. The van der Waals surface area contributed by atoms with Crippen LogP contribution in [0.2, 0.25) is 0 Å². The average molecular weight is 329 g/mol. The Bertz CT molecular complexity index is 750. The topological polar surface area (TPSA) is 73.1 Å². The molecule has 120 valence electrons. The van der Waals surface area contributed by atoms with Crippen LogP contribution >= 0.6 is 11.8 Å². The molecule has 3 N–H and O–H groups in total. The van der Waals surface area contributed by atoms with Crippen LogP contribution in [0.3, 0.4) is 0 Å². The molecule has 7 heteroatoms. The zero-order chi connectivity index (χ0) is 15.6. The smallest absolute Gasteiger partial charge is 0.259 e. The van der Waals surface area contributed by atoms with Crippen molar-refractivity contribution >= 4 is 34.4 Å². The minimum atomic E-state index is 0.0350. The van der Waals surface area contributed by atoms with Gasteiger partial charge in [0.05, 0.1) is 10.6 Å². The lowest BCUT2D eigenvalue weighted by atomic mass is 10.2. The highest BCUT2D eigenvalue weighted by atomic mass is 32.2. The first-order valence-corrected chi connectivity index (χ1v) is 8.85. The lowest BCUT2D eigenvalue weighted by molar-refractivity contribution is -0.117. The molecule has 0 radical (unpaired) electrons. The van der Waals surface area contributed by atoms with Crippen LogP contribution in [0.25, 0.3) is 11.0 Å². The Balaban J connectivity index is 1.57. The summed E-state index contributed by atoms with van der Waals surface area (Å²) in [6.07, 6.45) is 6.66. The van der Waals surface area contributed by atoms with Crippen molar-refractivity contribution in [2.45, 2.75) is 12.5 Å². The van der Waals surface area contributed by atoms with Gasteiger partial charge in [0.25, 0.3) is 5.91 Å². The summed E-state index contributed by atoms with van der Waals surface area (Å²) in [6.45, 7) is 2.73. The number of amides is 1. The number of pyridine rings is 1. The molecular formula is C16H19N5OS. The molecule has 4 heterocycles. The summed E-state index contributed by atoms with van der Waals surface area (Å²) in [6, 6.07) is 4.27. The number of aromatic amines is 1. The van der Waals surface area contributed by atoms with E-state index in [4.69, 9.17) is 0 Å². The van der Waals surface area contributed by atoms with Crippen LogP contribution < -0.4 is 15.5 Å². The van der Waals surface area contributed by atoms with Gasteiger partial charge in [-0.25, -0.2) is 4.98 Å². The predicted octanol–water partition coefficient (Wildman–Crippen LogP) is 1.44. The zero-order valence-corrected chi connectivity index (χ0v) is 13.5. The van der Waals surface area contributed by atoms with Gasteiger partial charge < -0.3 is 20.5 Å². The summed E-state index contributed by atoms with van der Waals surface area (Å²) < 4.78 is 0. The second kappa shape index (κ2) is 6.25. The lowest BCUT2D eigenvalue weighted by Crippen LogP contribution is -2.38. The molecule has 0 aliphatic carbocycles. The number of hydrogen-bond acceptors (Lipinski definition) is 5. The van der Waals surface area contributed by atoms with E-state index in [0.717, 1.165) is 53.4 Å². The molecule has 0 saturated carbocycles. The molecule has 2 aromatic heterocycles. The van der Waals surface area contributed by atoms with Crippen molar-refractivity contribution < 1.29 is 4.79 Å². The van der Waals surface area contributed by atoms with Gasteiger partial charge in [-0.3, -0.25) is 4.79 Å². The van der Waals surface area contributed by atoms with Gasteiger partial charge in [0.2, 0.25) is 0 Å². The maximum atomic E-state index is 12.5. The molecule has 0 bridgehead atoms. The van der Waals surface area contributed by atoms with Crippen LogP contribution in [0.4, 0.5) is 5.69 Å². The van der Waals surface area contributed by atoms with Crippen LogP contribution in [0.5, 0.6) is 0 Å². The fourth-order valence-corrected chi connectivity index (χ4v) is 3.94. The van der Waals surface area contributed by atoms with E-state index in [0.29, 0.717) is 0 Å². The molecule has 1 saturated heterocycles. The monoisotopic (exact) mass is 329 g/mol. The van der Waals surface area contributed by atoms with E-state index in [1.807, 2.05) is 24.5 Å². The van der Waals surface area contributed by atoms with Crippen LogP contribution in [-0.2, 0) is 4.79 Å². The number of hydrogen-bond donors (Lipinski definition) is 3. The van der Waals surface area contributed by atoms with Gasteiger partial charge in [0.15, 0.2) is 0 Å². The van der Waals surface area contributed by atoms with Gasteiger partial charge in [0, 0.05) is 48.9 Å². The highest BCUT2D eigenvalue weighted by Crippen LogP contribution is 2.30. The van der Waals surface area contributed by atoms with Gasteiger partial charge in [-0.1, -0.05) is 0 Å². The number of carbonyl (C=O) groups is 1. The Morgan fingerprint density at radius 3 is 3.26 bits per heavy atom. The largest absolute Gasteiger partial charge is 0.347 e. The van der Waals surface area contributed by atoms with Crippen molar-refractivity contribution in [1.29, 1.82) is 0 Å². The van der Waals surface area contributed by atoms with Gasteiger partial charge in [-0.2, -0.15) is 0 Å². The maximum absolute atomic E-state index is 12.5. The number of nitrogens with zero attached hydrogens (tertiary/aromatic N) is 2. The van der Waals surface area contributed by atoms with E-state index < -0.39 is 0 Å². The number of fused-ring (bicyclic) bond motifs is 1. The Morgan fingerprint density at radius 2 is 2.39 bits per heavy atom. The maximum Gasteiger partial charge on any atom is 0.259 e. The molecule has 0 aromatic carbocycles. The zero-order valence-electron chi connectivity index (χ0n) is 12.7. The lowest BCUT2D eigenvalue weighted by Gasteiger charge is -2.27. The van der Waals surface area contributed by atoms with E-state index in [2.05, 4.69) is 25.5 Å². The molecule has 6 nitrogen and oxygen atoms in total. The van der Waals surface area contributed by atoms with Crippen molar-refractivity contribution in [3.8, 4) is 0 Å². The fourth-order valence-electron chi connectivity index (χ4n) is 3.04. The molecule has 23 heavy (non-hydrogen) atoms. The van der Waals surface area contributed by atoms with E-state index >= 15 is 0 Å². The number of H-pyrrole nitrogens is 1. The number of nitrogens with one attached hydrogen (secondary N) is 3. The van der Waals surface area contributed by atoms with Crippen LogP contribution in [-0.4, -0.2) is 47.3 Å². The Morgan fingerprint density at radius 1 is 1.43 bits per heavy atom. The average Bonchev–Trinajstić information content (AvgIpc) is 3.25. The molecule has 1 fully saturated rings. The number of carbonyl (C=O) groups excluding carboxylic acids is 1. The number of thioether (sulfide) groups is 1. The third kappa shape index (κ3) is 2.94. The van der Waals surface area contributed by atoms with E-state index in [9.17, 15) is 4.79 Å². The van der Waals surface area contributed by atoms with Crippen molar-refractivity contribution in [1.82, 2.24) is 20.6 Å². The summed E-state index contributed by atoms with van der Waals surface area (Å²) in [4.78, 5) is 22.9. The molecule has 0 spiro atoms. The van der Waals surface area contributed by atoms with Gasteiger partial charge in [-0.05, 0) is 25.1 Å². The van der Waals surface area contributed by atoms with E-state index in [1.54, 1.807) is 18.0 Å². The molecule has 2 aromatic rings. The number of anilines is 1. The second-order valence-corrected chi connectivity index (χ2v) is 6.91. The standard InChI is InChI=1S/C16H19N5OS/c22-16(20-11-1-4-17-9-11)14-10-21(7-8-23-14)13-3-6-19-15-12(13)2-5-18-15/h2-3,5-6,10-11,17H,1,4,7-9H2,(H,18,19)(H,20,22)/t11-/m0/s1. The summed E-state index contributed by atoms with van der Waals surface area (Å²) in [5.41, 5.74) is 1.96. The van der Waals surface area contributed by atoms with E-state index in [1.165, 1.54) is 0 Å². The molecule has 0 unspecified atom stereocenters. The van der Waals surface area contributed by atoms with Crippen LogP contribution in [0.1, 0.15) is 6.42 Å². The third-order valence-electron chi connectivity index (χ3n) is 4.23. The van der Waals surface area contributed by atoms with Gasteiger partial charge in [0.1, 0.15) is 5.65 Å². The number of rotatable bonds is 3. The SMILES string of the molecule is O=C(N[C@H]1CCNC1)C1=CN(c2ccnc3[nH]ccc23)CCS1. The fraction of sp³-hybridized carbons (Fsp3) is 0.375. The molecule has 2 aliphatic rings. The molecule has 1 atom stereocenters. The minimum Gasteiger partial charge on any atom is -0.347 e. The molecule has 2 aliphatic heterocycles. The van der Waals surface area contributed by atoms with Gasteiger partial charge in [-0.15, -0.1) is 11.8 Å². The summed E-state index contributed by atoms with van der Waals surface area (Å²) in [5, 5.41) is 7.47. The minimum absolute atomic E-state index is 0.0350. The molecule has 4 rings (SSSR count). The summed E-state index contributed by atoms with van der Waals surface area (Å²) in [5.74, 6) is 0.934. The highest BCUT2D eigenvalue weighted by Gasteiger charge is 2.23. The summed E-state index contributed by atoms with van der Waals surface area (Å²) >= 11 is 1.62. The number of aromatic nitrogens is 2. The van der Waals surface area contributed by atoms with Crippen LogP contribution in [0.15, 0.2) is 35.6 Å². The highest BCUT2D eigenvalue weighted by molar-refractivity contribution is 8.04. The van der Waals surface area contributed by atoms with E-state index in [-0.39, 0.29) is 11.9 Å². The van der Waals surface area contributed by atoms with Crippen molar-refractivity contribution in [3.63, 3.8) is 0 Å². The first-order valence-electron chi connectivity index (χ1n) is 7.86. The van der Waals surface area contributed by atoms with Gasteiger partial charge >= 0.3 is 0 Å². The Hall–Kier alpha value is -1.99. The predicted molar refractivity (Wildman–Crippen MR) is 93.4 cm³/mol. The van der Waals surface area contributed by atoms with Crippen molar-refractivity contribution in [2.75, 3.05) is 30.3 Å². The first kappa shape index (κ1) is 14.6. The second-order valence-electron chi connectivity index (χ2n) is 5.77. The first-order chi connectivity index (χ1) is 11.3. The van der Waals surface area contributed by atoms with Crippen LogP contribution in [0, 0.1) is 0 Å². The normalized spacial score (nSPS) is 21.5. The quantitative estimate of drug-likeness (QED) is 0.795. The summed E-state index contributed by atoms with van der Waals surface area (Å²) in [7, 11) is 0. The molecular weight excluding hydrogens is 310 g/mol. The van der Waals surface area contributed by atoms with Crippen molar-refractivity contribution in [2.24, 2.45) is 0 Å². The van der Waals surface area contributed by atoms with Crippen molar-refractivity contribution in [3.05, 3.63) is 35.6 Å². The Labute approximate surface area is 138 Å². The third-order valence-corrected chi connectivity index (χ3v) is 5.22. The molecule has 1 amide bonds.